The molecule has 0 atom stereocenters. The van der Waals surface area contributed by atoms with Crippen molar-refractivity contribution in [3.8, 4) is 0 Å². The Hall–Kier alpha value is -1.27. The number of halogens is 3. The molecule has 0 heterocycles. The first-order valence-corrected chi connectivity index (χ1v) is 7.08. The van der Waals surface area contributed by atoms with Crippen LogP contribution in [0.15, 0.2) is 40.9 Å². The summed E-state index contributed by atoms with van der Waals surface area (Å²) in [6, 6.07) is 9.91. The van der Waals surface area contributed by atoms with Gasteiger partial charge < -0.3 is 10.7 Å². The molecule has 0 radical (unpaired) electrons. The average Bonchev–Trinajstić information content (AvgIpc) is 2.42. The normalized spacial score (nSPS) is 10.2. The van der Waals surface area contributed by atoms with Gasteiger partial charge in [0.15, 0.2) is 0 Å². The van der Waals surface area contributed by atoms with E-state index in [1.54, 1.807) is 30.3 Å². The number of nitrogens with two attached hydrogens (primary N) is 1. The molecule has 0 bridgehead atoms. The third-order valence-corrected chi connectivity index (χ3v) is 3.72. The SMILES string of the molecule is NNc1ccc(Cl)cc1C(=O)Nc1cc(Cl)ccc1Br. The molecule has 7 heteroatoms. The molecular formula is C13H10BrCl2N3O. The van der Waals surface area contributed by atoms with Crippen LogP contribution in [0, 0.1) is 0 Å². The van der Waals surface area contributed by atoms with Gasteiger partial charge in [-0.25, -0.2) is 0 Å². The minimum atomic E-state index is -0.344. The van der Waals surface area contributed by atoms with Crippen LogP contribution < -0.4 is 16.6 Å². The van der Waals surface area contributed by atoms with E-state index in [0.717, 1.165) is 4.47 Å². The lowest BCUT2D eigenvalue weighted by atomic mass is 10.1. The van der Waals surface area contributed by atoms with Crippen molar-refractivity contribution < 1.29 is 4.79 Å². The van der Waals surface area contributed by atoms with E-state index in [9.17, 15) is 4.79 Å². The lowest BCUT2D eigenvalue weighted by molar-refractivity contribution is 0.102. The van der Waals surface area contributed by atoms with Crippen LogP contribution in [0.25, 0.3) is 0 Å². The first-order valence-electron chi connectivity index (χ1n) is 5.54. The molecule has 20 heavy (non-hydrogen) atoms. The highest BCUT2D eigenvalue weighted by Gasteiger charge is 2.13. The second kappa shape index (κ2) is 6.45. The summed E-state index contributed by atoms with van der Waals surface area (Å²) < 4.78 is 0.722. The van der Waals surface area contributed by atoms with E-state index in [1.807, 2.05) is 0 Å². The van der Waals surface area contributed by atoms with E-state index in [2.05, 4.69) is 26.7 Å². The number of hydrogen-bond donors (Lipinski definition) is 3. The fourth-order valence-electron chi connectivity index (χ4n) is 1.61. The first-order chi connectivity index (χ1) is 9.51. The van der Waals surface area contributed by atoms with Crippen molar-refractivity contribution in [2.75, 3.05) is 10.7 Å². The number of carbonyl (C=O) groups excluding carboxylic acids is 1. The fraction of sp³-hybridized carbons (Fsp3) is 0. The number of benzene rings is 2. The van der Waals surface area contributed by atoms with Crippen LogP contribution in [0.3, 0.4) is 0 Å². The molecule has 104 valence electrons. The third-order valence-electron chi connectivity index (χ3n) is 2.56. The summed E-state index contributed by atoms with van der Waals surface area (Å²) in [6.45, 7) is 0. The molecule has 0 saturated heterocycles. The molecule has 0 saturated carbocycles. The van der Waals surface area contributed by atoms with Gasteiger partial charge in [0.25, 0.3) is 5.91 Å². The van der Waals surface area contributed by atoms with Crippen LogP contribution in [0.5, 0.6) is 0 Å². The zero-order chi connectivity index (χ0) is 14.7. The van der Waals surface area contributed by atoms with Gasteiger partial charge in [0, 0.05) is 14.5 Å². The zero-order valence-corrected chi connectivity index (χ0v) is 13.2. The molecule has 0 aliphatic carbocycles. The van der Waals surface area contributed by atoms with Crippen molar-refractivity contribution >= 4 is 56.4 Å². The number of rotatable bonds is 3. The van der Waals surface area contributed by atoms with Crippen molar-refractivity contribution in [2.45, 2.75) is 0 Å². The Morgan fingerprint density at radius 2 is 1.70 bits per heavy atom. The van der Waals surface area contributed by atoms with Crippen LogP contribution in [0.2, 0.25) is 10.0 Å². The lowest BCUT2D eigenvalue weighted by Crippen LogP contribution is -2.17. The van der Waals surface area contributed by atoms with Crippen molar-refractivity contribution in [1.82, 2.24) is 0 Å². The number of hydrazine groups is 1. The number of hydrogen-bond acceptors (Lipinski definition) is 3. The van der Waals surface area contributed by atoms with E-state index in [4.69, 9.17) is 29.0 Å². The molecule has 2 rings (SSSR count). The topological polar surface area (TPSA) is 67.1 Å². The van der Waals surface area contributed by atoms with E-state index >= 15 is 0 Å². The Kier molecular flexibility index (Phi) is 4.88. The van der Waals surface area contributed by atoms with Gasteiger partial charge in [-0.05, 0) is 52.3 Å². The molecule has 0 aliphatic heterocycles. The highest BCUT2D eigenvalue weighted by atomic mass is 79.9. The lowest BCUT2D eigenvalue weighted by Gasteiger charge is -2.11. The standard InChI is InChI=1S/C13H10BrCl2N3O/c14-10-3-1-8(16)6-12(10)18-13(20)9-5-7(15)2-4-11(9)19-17/h1-6,19H,17H2,(H,18,20). The molecular weight excluding hydrogens is 365 g/mol. The summed E-state index contributed by atoms with van der Waals surface area (Å²) in [6.07, 6.45) is 0. The zero-order valence-electron chi connectivity index (χ0n) is 10.1. The fourth-order valence-corrected chi connectivity index (χ4v) is 2.30. The number of carbonyl (C=O) groups is 1. The van der Waals surface area contributed by atoms with Crippen LogP contribution >= 0.6 is 39.1 Å². The van der Waals surface area contributed by atoms with Crippen LogP contribution in [0.1, 0.15) is 10.4 Å². The van der Waals surface area contributed by atoms with Crippen molar-refractivity contribution in [3.05, 3.63) is 56.5 Å². The second-order valence-electron chi connectivity index (χ2n) is 3.91. The number of anilines is 2. The van der Waals surface area contributed by atoms with Crippen molar-refractivity contribution in [1.29, 1.82) is 0 Å². The van der Waals surface area contributed by atoms with Gasteiger partial charge in [0.2, 0.25) is 0 Å². The second-order valence-corrected chi connectivity index (χ2v) is 5.64. The summed E-state index contributed by atoms with van der Waals surface area (Å²) in [4.78, 5) is 12.3. The highest BCUT2D eigenvalue weighted by molar-refractivity contribution is 9.10. The van der Waals surface area contributed by atoms with Gasteiger partial charge in [-0.3, -0.25) is 10.6 Å². The Balaban J connectivity index is 2.32. The van der Waals surface area contributed by atoms with Crippen LogP contribution in [0.4, 0.5) is 11.4 Å². The number of nitrogens with one attached hydrogen (secondary N) is 2. The molecule has 2 aromatic rings. The van der Waals surface area contributed by atoms with Gasteiger partial charge in [-0.1, -0.05) is 23.2 Å². The summed E-state index contributed by atoms with van der Waals surface area (Å²) in [5, 5.41) is 3.71. The Morgan fingerprint density at radius 3 is 2.40 bits per heavy atom. The maximum atomic E-state index is 12.3. The van der Waals surface area contributed by atoms with E-state index in [1.165, 1.54) is 6.07 Å². The van der Waals surface area contributed by atoms with Gasteiger partial charge in [0.05, 0.1) is 16.9 Å². The van der Waals surface area contributed by atoms with E-state index < -0.39 is 0 Å². The summed E-state index contributed by atoms with van der Waals surface area (Å²) >= 11 is 15.1. The number of amides is 1. The van der Waals surface area contributed by atoms with Crippen molar-refractivity contribution in [3.63, 3.8) is 0 Å². The molecule has 4 N–H and O–H groups in total. The monoisotopic (exact) mass is 373 g/mol. The maximum absolute atomic E-state index is 12.3. The summed E-state index contributed by atoms with van der Waals surface area (Å²) in [5.41, 5.74) is 3.84. The summed E-state index contributed by atoms with van der Waals surface area (Å²) in [7, 11) is 0. The molecule has 4 nitrogen and oxygen atoms in total. The molecule has 0 fully saturated rings. The van der Waals surface area contributed by atoms with Gasteiger partial charge in [-0.2, -0.15) is 0 Å². The molecule has 2 aromatic carbocycles. The van der Waals surface area contributed by atoms with Gasteiger partial charge in [0.1, 0.15) is 0 Å². The highest BCUT2D eigenvalue weighted by Crippen LogP contribution is 2.27. The minimum absolute atomic E-state index is 0.340. The van der Waals surface area contributed by atoms with Gasteiger partial charge >= 0.3 is 0 Å². The van der Waals surface area contributed by atoms with Crippen LogP contribution in [-0.4, -0.2) is 5.91 Å². The smallest absolute Gasteiger partial charge is 0.257 e. The summed E-state index contributed by atoms with van der Waals surface area (Å²) in [5.74, 6) is 5.04. The van der Waals surface area contributed by atoms with Gasteiger partial charge in [-0.15, -0.1) is 0 Å². The third kappa shape index (κ3) is 3.43. The Morgan fingerprint density at radius 1 is 1.05 bits per heavy atom. The molecule has 0 aromatic heterocycles. The largest absolute Gasteiger partial charge is 0.323 e. The van der Waals surface area contributed by atoms with E-state index in [0.29, 0.717) is 27.0 Å². The predicted molar refractivity (Wildman–Crippen MR) is 86.4 cm³/mol. The number of nitrogen functional groups attached to an aromatic ring is 1. The Labute approximate surface area is 134 Å². The average molecular weight is 375 g/mol. The molecule has 0 unspecified atom stereocenters. The maximum Gasteiger partial charge on any atom is 0.257 e. The first kappa shape index (κ1) is 15.1. The van der Waals surface area contributed by atoms with E-state index in [-0.39, 0.29) is 5.91 Å². The Bertz CT molecular complexity index is 664. The molecule has 0 spiro atoms. The predicted octanol–water partition coefficient (Wildman–Crippen LogP) is 4.29. The molecule has 0 aliphatic rings. The minimum Gasteiger partial charge on any atom is -0.323 e. The quantitative estimate of drug-likeness (QED) is 0.554. The van der Waals surface area contributed by atoms with Crippen LogP contribution in [-0.2, 0) is 0 Å². The molecule has 1 amide bonds. The van der Waals surface area contributed by atoms with Crippen molar-refractivity contribution in [2.24, 2.45) is 5.84 Å².